The first-order valence-electron chi connectivity index (χ1n) is 6.51. The van der Waals surface area contributed by atoms with Crippen molar-refractivity contribution in [1.82, 2.24) is 5.32 Å². The van der Waals surface area contributed by atoms with Crippen molar-refractivity contribution in [2.45, 2.75) is 42.9 Å². The van der Waals surface area contributed by atoms with Crippen LogP contribution in [0.25, 0.3) is 0 Å². The highest BCUT2D eigenvalue weighted by molar-refractivity contribution is 5.83. The summed E-state index contributed by atoms with van der Waals surface area (Å²) in [5, 5.41) is 12.8. The van der Waals surface area contributed by atoms with E-state index in [2.05, 4.69) is 5.32 Å². The van der Waals surface area contributed by atoms with Crippen LogP contribution in [0.5, 0.6) is 0 Å². The summed E-state index contributed by atoms with van der Waals surface area (Å²) in [4.78, 5) is 11.8. The van der Waals surface area contributed by atoms with Crippen LogP contribution >= 0.6 is 0 Å². The first-order valence-corrected chi connectivity index (χ1v) is 6.51. The Morgan fingerprint density at radius 2 is 2.10 bits per heavy atom. The normalized spacial score (nSPS) is 32.5. The van der Waals surface area contributed by atoms with Gasteiger partial charge in [-0.1, -0.05) is 18.2 Å². The first-order chi connectivity index (χ1) is 9.34. The molecule has 3 rings (SSSR count). The van der Waals surface area contributed by atoms with Crippen LogP contribution in [-0.2, 0) is 16.4 Å². The number of halogens is 3. The minimum Gasteiger partial charge on any atom is -0.481 e. The number of aliphatic carboxylic acids is 1. The van der Waals surface area contributed by atoms with Gasteiger partial charge >= 0.3 is 12.1 Å². The molecule has 2 aliphatic heterocycles. The highest BCUT2D eigenvalue weighted by Crippen LogP contribution is 2.46. The van der Waals surface area contributed by atoms with Crippen LogP contribution in [-0.4, -0.2) is 23.2 Å². The number of hydrogen-bond donors (Lipinski definition) is 2. The summed E-state index contributed by atoms with van der Waals surface area (Å²) in [5.41, 5.74) is -1.78. The molecular weight excluding hydrogens is 271 g/mol. The van der Waals surface area contributed by atoms with Crippen molar-refractivity contribution in [1.29, 1.82) is 0 Å². The fraction of sp³-hybridized carbons (Fsp3) is 0.500. The van der Waals surface area contributed by atoms with Gasteiger partial charge < -0.3 is 10.4 Å². The lowest BCUT2D eigenvalue weighted by Gasteiger charge is -2.33. The molecule has 0 aromatic heterocycles. The average molecular weight is 285 g/mol. The van der Waals surface area contributed by atoms with Gasteiger partial charge in [-0.15, -0.1) is 0 Å². The minimum atomic E-state index is -4.46. The Balaban J connectivity index is 2.08. The molecule has 0 aliphatic carbocycles. The lowest BCUT2D eigenvalue weighted by molar-refractivity contribution is -0.145. The molecule has 3 unspecified atom stereocenters. The predicted molar refractivity (Wildman–Crippen MR) is 65.3 cm³/mol. The van der Waals surface area contributed by atoms with Gasteiger partial charge in [0, 0.05) is 12.1 Å². The fourth-order valence-electron chi connectivity index (χ4n) is 3.55. The lowest BCUT2D eigenvalue weighted by atomic mass is 9.69. The molecule has 2 aliphatic rings. The second-order valence-electron chi connectivity index (χ2n) is 5.55. The van der Waals surface area contributed by atoms with E-state index in [0.29, 0.717) is 12.8 Å². The summed E-state index contributed by atoms with van der Waals surface area (Å²) in [6.45, 7) is 0. The average Bonchev–Trinajstić information content (AvgIpc) is 2.98. The van der Waals surface area contributed by atoms with Gasteiger partial charge in [-0.05, 0) is 30.9 Å². The minimum absolute atomic E-state index is 0.0886. The summed E-state index contributed by atoms with van der Waals surface area (Å²) in [5.74, 6) is -1.04. The zero-order valence-electron chi connectivity index (χ0n) is 10.6. The molecule has 2 N–H and O–H groups in total. The molecule has 0 saturated carbocycles. The van der Waals surface area contributed by atoms with E-state index in [1.54, 1.807) is 0 Å². The van der Waals surface area contributed by atoms with Gasteiger partial charge in [-0.2, -0.15) is 13.2 Å². The molecule has 108 valence electrons. The Hall–Kier alpha value is -1.56. The van der Waals surface area contributed by atoms with Gasteiger partial charge in [-0.3, -0.25) is 4.79 Å². The molecule has 2 heterocycles. The Morgan fingerprint density at radius 3 is 2.60 bits per heavy atom. The van der Waals surface area contributed by atoms with E-state index in [4.69, 9.17) is 0 Å². The quantitative estimate of drug-likeness (QED) is 0.878. The van der Waals surface area contributed by atoms with Crippen molar-refractivity contribution < 1.29 is 23.1 Å². The largest absolute Gasteiger partial charge is 0.481 e. The molecule has 3 atom stereocenters. The van der Waals surface area contributed by atoms with Gasteiger partial charge in [-0.25, -0.2) is 0 Å². The zero-order chi connectivity index (χ0) is 14.5. The number of hydrogen-bond acceptors (Lipinski definition) is 2. The lowest BCUT2D eigenvalue weighted by Crippen LogP contribution is -2.46. The Kier molecular flexibility index (Phi) is 2.83. The maximum atomic E-state index is 12.8. The third kappa shape index (κ3) is 1.82. The van der Waals surface area contributed by atoms with Crippen molar-refractivity contribution in [3.8, 4) is 0 Å². The number of rotatable bonds is 2. The molecule has 6 heteroatoms. The van der Waals surface area contributed by atoms with Crippen molar-refractivity contribution in [2.75, 3.05) is 0 Å². The molecular formula is C14H14F3NO2. The molecule has 3 nitrogen and oxygen atoms in total. The number of carboxylic acids is 1. The summed E-state index contributed by atoms with van der Waals surface area (Å²) < 4.78 is 38.4. The maximum absolute atomic E-state index is 12.8. The third-order valence-corrected chi connectivity index (χ3v) is 4.49. The zero-order valence-corrected chi connectivity index (χ0v) is 10.6. The highest BCUT2D eigenvalue weighted by atomic mass is 19.4. The SMILES string of the molecule is O=C(O)C1(c2cccc(C(F)(F)F)c2)CC2CCC1N2. The van der Waals surface area contributed by atoms with Gasteiger partial charge in [0.2, 0.25) is 0 Å². The van der Waals surface area contributed by atoms with Gasteiger partial charge in [0.15, 0.2) is 0 Å². The number of carboxylic acid groups (broad SMARTS) is 1. The van der Waals surface area contributed by atoms with Gasteiger partial charge in [0.05, 0.1) is 5.56 Å². The second-order valence-corrected chi connectivity index (χ2v) is 5.55. The first kappa shape index (κ1) is 13.4. The Labute approximate surface area is 113 Å². The predicted octanol–water partition coefficient (Wildman–Crippen LogP) is 2.55. The van der Waals surface area contributed by atoms with Gasteiger partial charge in [0.1, 0.15) is 5.41 Å². The van der Waals surface area contributed by atoms with E-state index in [9.17, 15) is 23.1 Å². The third-order valence-electron chi connectivity index (χ3n) is 4.49. The number of carbonyl (C=O) groups is 1. The monoisotopic (exact) mass is 285 g/mol. The summed E-state index contributed by atoms with van der Waals surface area (Å²) >= 11 is 0. The maximum Gasteiger partial charge on any atom is 0.416 e. The van der Waals surface area contributed by atoms with E-state index < -0.39 is 23.1 Å². The van der Waals surface area contributed by atoms with Crippen molar-refractivity contribution in [2.24, 2.45) is 0 Å². The van der Waals surface area contributed by atoms with E-state index in [1.165, 1.54) is 12.1 Å². The second kappa shape index (κ2) is 4.22. The standard InChI is InChI=1S/C14H14F3NO2/c15-14(16,17)9-3-1-2-8(6-9)13(12(19)20)7-10-4-5-11(13)18-10/h1-3,6,10-11,18H,4-5,7H2,(H,19,20). The van der Waals surface area contributed by atoms with Crippen LogP contribution in [0.3, 0.4) is 0 Å². The molecule has 0 radical (unpaired) electrons. The molecule has 2 saturated heterocycles. The summed E-state index contributed by atoms with van der Waals surface area (Å²) in [6.07, 6.45) is -2.53. The van der Waals surface area contributed by atoms with Gasteiger partial charge in [0.25, 0.3) is 0 Å². The van der Waals surface area contributed by atoms with Crippen LogP contribution < -0.4 is 5.32 Å². The van der Waals surface area contributed by atoms with Crippen molar-refractivity contribution in [3.63, 3.8) is 0 Å². The van der Waals surface area contributed by atoms with Crippen LogP contribution in [0.1, 0.15) is 30.4 Å². The smallest absolute Gasteiger partial charge is 0.416 e. The molecule has 1 aromatic carbocycles. The van der Waals surface area contributed by atoms with E-state index in [0.717, 1.165) is 18.6 Å². The van der Waals surface area contributed by atoms with Crippen molar-refractivity contribution in [3.05, 3.63) is 35.4 Å². The number of fused-ring (bicyclic) bond motifs is 2. The van der Waals surface area contributed by atoms with Crippen LogP contribution in [0.2, 0.25) is 0 Å². The fourth-order valence-corrected chi connectivity index (χ4v) is 3.55. The van der Waals surface area contributed by atoms with Crippen molar-refractivity contribution >= 4 is 5.97 Å². The van der Waals surface area contributed by atoms with E-state index in [1.807, 2.05) is 0 Å². The highest BCUT2D eigenvalue weighted by Gasteiger charge is 2.57. The summed E-state index contributed by atoms with van der Waals surface area (Å²) in [7, 11) is 0. The number of nitrogens with one attached hydrogen (secondary N) is 1. The van der Waals surface area contributed by atoms with Crippen LogP contribution in [0.4, 0.5) is 13.2 Å². The number of alkyl halides is 3. The van der Waals surface area contributed by atoms with E-state index in [-0.39, 0.29) is 17.6 Å². The number of benzene rings is 1. The molecule has 0 spiro atoms. The molecule has 1 aromatic rings. The Bertz CT molecular complexity index is 558. The molecule has 0 amide bonds. The van der Waals surface area contributed by atoms with Crippen LogP contribution in [0.15, 0.2) is 24.3 Å². The topological polar surface area (TPSA) is 49.3 Å². The molecule has 20 heavy (non-hydrogen) atoms. The van der Waals surface area contributed by atoms with Crippen LogP contribution in [0, 0.1) is 0 Å². The van der Waals surface area contributed by atoms with E-state index >= 15 is 0 Å². The Morgan fingerprint density at radius 1 is 1.35 bits per heavy atom. The molecule has 2 fully saturated rings. The summed E-state index contributed by atoms with van der Waals surface area (Å²) in [6, 6.07) is 4.54. The molecule has 2 bridgehead atoms.